The van der Waals surface area contributed by atoms with Gasteiger partial charge in [-0.25, -0.2) is 0 Å². The van der Waals surface area contributed by atoms with Gasteiger partial charge >= 0.3 is 5.97 Å². The Morgan fingerprint density at radius 3 is 2.33 bits per heavy atom. The van der Waals surface area contributed by atoms with Gasteiger partial charge in [-0.1, -0.05) is 65.8 Å². The van der Waals surface area contributed by atoms with Gasteiger partial charge in [-0.15, -0.1) is 0 Å². The number of benzene rings is 3. The predicted molar refractivity (Wildman–Crippen MR) is 117 cm³/mol. The van der Waals surface area contributed by atoms with E-state index in [0.717, 1.165) is 33.7 Å². The van der Waals surface area contributed by atoms with Gasteiger partial charge in [0.2, 0.25) is 0 Å². The maximum atomic E-state index is 10.7. The first-order chi connectivity index (χ1) is 14.7. The van der Waals surface area contributed by atoms with Crippen molar-refractivity contribution < 1.29 is 19.5 Å². The Morgan fingerprint density at radius 1 is 0.900 bits per heavy atom. The Labute approximate surface area is 176 Å². The van der Waals surface area contributed by atoms with E-state index in [9.17, 15) is 4.79 Å². The normalized spacial score (nSPS) is 11.2. The summed E-state index contributed by atoms with van der Waals surface area (Å²) in [4.78, 5) is 16.0. The molecule has 30 heavy (non-hydrogen) atoms. The quantitative estimate of drug-likeness (QED) is 0.379. The van der Waals surface area contributed by atoms with E-state index in [1.54, 1.807) is 0 Å². The molecule has 0 saturated carbocycles. The predicted octanol–water partition coefficient (Wildman–Crippen LogP) is 5.07. The van der Waals surface area contributed by atoms with Crippen molar-refractivity contribution in [3.05, 3.63) is 101 Å². The van der Waals surface area contributed by atoms with Crippen LogP contribution < -0.4 is 4.74 Å². The second-order valence-electron chi connectivity index (χ2n) is 6.75. The molecule has 0 bridgehead atoms. The van der Waals surface area contributed by atoms with Crippen LogP contribution >= 0.6 is 0 Å². The van der Waals surface area contributed by atoms with Crippen LogP contribution in [0, 0.1) is 0 Å². The fourth-order valence-corrected chi connectivity index (χ4v) is 2.98. The highest BCUT2D eigenvalue weighted by Crippen LogP contribution is 2.17. The number of rotatable bonds is 10. The zero-order chi connectivity index (χ0) is 21.2. The molecule has 0 aliphatic heterocycles. The van der Waals surface area contributed by atoms with Gasteiger partial charge in [0.05, 0.1) is 0 Å². The van der Waals surface area contributed by atoms with Gasteiger partial charge in [0.25, 0.3) is 0 Å². The molecule has 3 rings (SSSR count). The van der Waals surface area contributed by atoms with E-state index in [1.807, 2.05) is 85.8 Å². The lowest BCUT2D eigenvalue weighted by Gasteiger charge is -2.10. The number of hydrogen-bond acceptors (Lipinski definition) is 4. The van der Waals surface area contributed by atoms with Crippen molar-refractivity contribution >= 4 is 11.7 Å². The molecule has 5 nitrogen and oxygen atoms in total. The third kappa shape index (κ3) is 6.21. The first-order valence-electron chi connectivity index (χ1n) is 9.94. The van der Waals surface area contributed by atoms with Crippen molar-refractivity contribution in [2.24, 2.45) is 5.16 Å². The number of carboxylic acid groups (broad SMARTS) is 1. The second kappa shape index (κ2) is 10.8. The van der Waals surface area contributed by atoms with Crippen LogP contribution in [0.5, 0.6) is 5.75 Å². The minimum atomic E-state index is -0.794. The van der Waals surface area contributed by atoms with Crippen molar-refractivity contribution in [1.29, 1.82) is 0 Å². The zero-order valence-corrected chi connectivity index (χ0v) is 17.0. The van der Waals surface area contributed by atoms with Crippen molar-refractivity contribution in [2.75, 3.05) is 6.61 Å². The zero-order valence-electron chi connectivity index (χ0n) is 17.0. The van der Waals surface area contributed by atoms with Crippen molar-refractivity contribution in [3.63, 3.8) is 0 Å². The molecule has 0 aliphatic rings. The Kier molecular flexibility index (Phi) is 7.61. The minimum absolute atomic E-state index is 0.125. The standard InChI is InChI=1S/C25H25NO4/c1-2-30-26-25(21-8-4-3-5-9-21)22-10-6-7-20(17-22)18-29-23-14-11-19(12-15-23)13-16-24(27)28/h3-12,14-15,17H,2,13,16,18H2,1H3,(H,27,28). The summed E-state index contributed by atoms with van der Waals surface area (Å²) in [5.74, 6) is -0.0521. The molecule has 1 N–H and O–H groups in total. The van der Waals surface area contributed by atoms with E-state index in [1.165, 1.54) is 0 Å². The van der Waals surface area contributed by atoms with Gasteiger partial charge < -0.3 is 14.7 Å². The molecule has 154 valence electrons. The maximum absolute atomic E-state index is 10.7. The molecule has 3 aromatic carbocycles. The minimum Gasteiger partial charge on any atom is -0.489 e. The summed E-state index contributed by atoms with van der Waals surface area (Å²) < 4.78 is 5.91. The van der Waals surface area contributed by atoms with Crippen LogP contribution in [0.15, 0.2) is 84.0 Å². The number of carbonyl (C=O) groups is 1. The molecule has 0 saturated heterocycles. The molecule has 0 aliphatic carbocycles. The summed E-state index contributed by atoms with van der Waals surface area (Å²) in [6.45, 7) is 2.82. The average Bonchev–Trinajstić information content (AvgIpc) is 2.78. The van der Waals surface area contributed by atoms with Crippen LogP contribution in [0.1, 0.15) is 35.6 Å². The van der Waals surface area contributed by atoms with Crippen LogP contribution in [0.4, 0.5) is 0 Å². The van der Waals surface area contributed by atoms with Gasteiger partial charge in [0.1, 0.15) is 24.7 Å². The lowest BCUT2D eigenvalue weighted by Crippen LogP contribution is -2.06. The monoisotopic (exact) mass is 403 g/mol. The van der Waals surface area contributed by atoms with E-state index in [2.05, 4.69) is 5.16 Å². The van der Waals surface area contributed by atoms with Crippen LogP contribution in [-0.4, -0.2) is 23.4 Å². The van der Waals surface area contributed by atoms with Crippen molar-refractivity contribution in [2.45, 2.75) is 26.4 Å². The Morgan fingerprint density at radius 2 is 1.63 bits per heavy atom. The van der Waals surface area contributed by atoms with E-state index in [4.69, 9.17) is 14.7 Å². The molecule has 0 aromatic heterocycles. The molecule has 0 spiro atoms. The van der Waals surface area contributed by atoms with Gasteiger partial charge in [-0.05, 0) is 42.7 Å². The lowest BCUT2D eigenvalue weighted by atomic mass is 10.0. The molecular weight excluding hydrogens is 378 g/mol. The lowest BCUT2D eigenvalue weighted by molar-refractivity contribution is -0.136. The molecule has 0 unspecified atom stereocenters. The topological polar surface area (TPSA) is 68.1 Å². The van der Waals surface area contributed by atoms with Crippen LogP contribution in [0.3, 0.4) is 0 Å². The van der Waals surface area contributed by atoms with Gasteiger partial charge in [-0.3, -0.25) is 4.79 Å². The summed E-state index contributed by atoms with van der Waals surface area (Å²) in [5, 5.41) is 13.1. The first kappa shape index (κ1) is 21.1. The number of carboxylic acids is 1. The number of nitrogens with zero attached hydrogens (tertiary/aromatic N) is 1. The third-order valence-electron chi connectivity index (χ3n) is 4.49. The summed E-state index contributed by atoms with van der Waals surface area (Å²) in [7, 11) is 0. The Balaban J connectivity index is 1.69. The number of oxime groups is 1. The first-order valence-corrected chi connectivity index (χ1v) is 9.94. The number of aryl methyl sites for hydroxylation is 1. The molecule has 0 amide bonds. The number of ether oxygens (including phenoxy) is 1. The molecule has 0 atom stereocenters. The molecule has 5 heteroatoms. The summed E-state index contributed by atoms with van der Waals surface area (Å²) in [6.07, 6.45) is 0.638. The number of hydrogen-bond donors (Lipinski definition) is 1. The summed E-state index contributed by atoms with van der Waals surface area (Å²) in [6, 6.07) is 25.5. The Hall–Kier alpha value is -3.60. The van der Waals surface area contributed by atoms with Crippen molar-refractivity contribution in [3.8, 4) is 5.75 Å². The van der Waals surface area contributed by atoms with E-state index >= 15 is 0 Å². The van der Waals surface area contributed by atoms with Crippen LogP contribution in [-0.2, 0) is 22.7 Å². The smallest absolute Gasteiger partial charge is 0.303 e. The van der Waals surface area contributed by atoms with Crippen LogP contribution in [0.25, 0.3) is 0 Å². The highest BCUT2D eigenvalue weighted by Gasteiger charge is 2.09. The van der Waals surface area contributed by atoms with E-state index in [0.29, 0.717) is 19.6 Å². The fraction of sp³-hybridized carbons (Fsp3) is 0.200. The summed E-state index contributed by atoms with van der Waals surface area (Å²) in [5.41, 5.74) is 4.72. The molecular formula is C25H25NO4. The third-order valence-corrected chi connectivity index (χ3v) is 4.49. The summed E-state index contributed by atoms with van der Waals surface area (Å²) >= 11 is 0. The maximum Gasteiger partial charge on any atom is 0.303 e. The highest BCUT2D eigenvalue weighted by molar-refractivity contribution is 6.12. The SMILES string of the molecule is CCON=C(c1ccccc1)c1cccc(COc2ccc(CCC(=O)O)cc2)c1. The molecule has 3 aromatic rings. The van der Waals surface area contributed by atoms with Crippen molar-refractivity contribution in [1.82, 2.24) is 0 Å². The molecule has 0 heterocycles. The molecule has 0 fully saturated rings. The molecule has 0 radical (unpaired) electrons. The largest absolute Gasteiger partial charge is 0.489 e. The van der Waals surface area contributed by atoms with Crippen LogP contribution in [0.2, 0.25) is 0 Å². The highest BCUT2D eigenvalue weighted by atomic mass is 16.6. The number of aliphatic carboxylic acids is 1. The van der Waals surface area contributed by atoms with Gasteiger partial charge in [0, 0.05) is 17.5 Å². The fourth-order valence-electron chi connectivity index (χ4n) is 2.98. The van der Waals surface area contributed by atoms with E-state index < -0.39 is 5.97 Å². The van der Waals surface area contributed by atoms with E-state index in [-0.39, 0.29) is 6.42 Å². The van der Waals surface area contributed by atoms with Gasteiger partial charge in [0.15, 0.2) is 0 Å². The Bertz CT molecular complexity index is 982. The average molecular weight is 403 g/mol. The second-order valence-corrected chi connectivity index (χ2v) is 6.75. The van der Waals surface area contributed by atoms with Gasteiger partial charge in [-0.2, -0.15) is 0 Å².